The van der Waals surface area contributed by atoms with E-state index in [1.165, 1.54) is 13.2 Å². The molecule has 26 heavy (non-hydrogen) atoms. The fourth-order valence-corrected chi connectivity index (χ4v) is 2.67. The number of benzene rings is 2. The van der Waals surface area contributed by atoms with E-state index in [1.54, 1.807) is 30.3 Å². The van der Waals surface area contributed by atoms with Gasteiger partial charge < -0.3 is 19.5 Å². The van der Waals surface area contributed by atoms with E-state index in [4.69, 9.17) is 9.47 Å². The Labute approximate surface area is 158 Å². The molecule has 1 amide bonds. The van der Waals surface area contributed by atoms with Crippen LogP contribution < -0.4 is 19.5 Å². The number of halogens is 3. The number of hydrogen-bond donors (Lipinski definition) is 1. The van der Waals surface area contributed by atoms with Crippen LogP contribution in [0.25, 0.3) is 0 Å². The van der Waals surface area contributed by atoms with E-state index >= 15 is 0 Å². The third-order valence-electron chi connectivity index (χ3n) is 3.40. The standard InChI is InChI=1S/C18H18BrF2NO4/c1-3-25-16-9-11(4-6-15(16)24-2)17(23)22-10-12-8-13(19)5-7-14(12)26-18(20)21/h4-9,18H,3,10H2,1-2H3,(H,22,23). The van der Waals surface area contributed by atoms with Crippen LogP contribution >= 0.6 is 15.9 Å². The highest BCUT2D eigenvalue weighted by atomic mass is 79.9. The van der Waals surface area contributed by atoms with Crippen LogP contribution in [0, 0.1) is 0 Å². The molecule has 2 aromatic carbocycles. The van der Waals surface area contributed by atoms with Crippen molar-refractivity contribution in [3.05, 3.63) is 52.0 Å². The molecular weight excluding hydrogens is 412 g/mol. The molecule has 5 nitrogen and oxygen atoms in total. The van der Waals surface area contributed by atoms with Gasteiger partial charge in [0.25, 0.3) is 5.91 Å². The Balaban J connectivity index is 2.14. The molecule has 2 rings (SSSR count). The zero-order chi connectivity index (χ0) is 19.1. The third-order valence-corrected chi connectivity index (χ3v) is 3.90. The Bertz CT molecular complexity index is 771. The van der Waals surface area contributed by atoms with Crippen LogP contribution in [0.3, 0.4) is 0 Å². The summed E-state index contributed by atoms with van der Waals surface area (Å²) in [6.07, 6.45) is 0. The predicted octanol–water partition coefficient (Wildman–Crippen LogP) is 4.39. The Morgan fingerprint density at radius 3 is 2.54 bits per heavy atom. The van der Waals surface area contributed by atoms with Crippen molar-refractivity contribution in [3.8, 4) is 17.2 Å². The normalized spacial score (nSPS) is 10.5. The lowest BCUT2D eigenvalue weighted by Gasteiger charge is -2.13. The van der Waals surface area contributed by atoms with Gasteiger partial charge in [-0.3, -0.25) is 4.79 Å². The van der Waals surface area contributed by atoms with Crippen LogP contribution in [0.1, 0.15) is 22.8 Å². The first kappa shape index (κ1) is 20.0. The summed E-state index contributed by atoms with van der Waals surface area (Å²) in [5, 5.41) is 2.68. The van der Waals surface area contributed by atoms with Gasteiger partial charge >= 0.3 is 6.61 Å². The van der Waals surface area contributed by atoms with Gasteiger partial charge in [-0.15, -0.1) is 0 Å². The summed E-state index contributed by atoms with van der Waals surface area (Å²) in [5.74, 6) is 0.597. The minimum atomic E-state index is -2.94. The molecule has 0 heterocycles. The Morgan fingerprint density at radius 2 is 1.88 bits per heavy atom. The molecule has 0 aliphatic heterocycles. The molecule has 0 bridgehead atoms. The molecule has 0 spiro atoms. The summed E-state index contributed by atoms with van der Waals surface area (Å²) in [6.45, 7) is -0.672. The Kier molecular flexibility index (Phi) is 7.20. The van der Waals surface area contributed by atoms with Gasteiger partial charge in [0.1, 0.15) is 5.75 Å². The lowest BCUT2D eigenvalue weighted by Crippen LogP contribution is -2.23. The number of ether oxygens (including phenoxy) is 3. The lowest BCUT2D eigenvalue weighted by molar-refractivity contribution is -0.0504. The third kappa shape index (κ3) is 5.32. The number of alkyl halides is 2. The van der Waals surface area contributed by atoms with Crippen molar-refractivity contribution in [1.82, 2.24) is 5.32 Å². The molecule has 0 saturated heterocycles. The predicted molar refractivity (Wildman–Crippen MR) is 96.1 cm³/mol. The summed E-state index contributed by atoms with van der Waals surface area (Å²) >= 11 is 3.27. The highest BCUT2D eigenvalue weighted by Crippen LogP contribution is 2.28. The summed E-state index contributed by atoms with van der Waals surface area (Å²) < 4.78 is 40.8. The van der Waals surface area contributed by atoms with E-state index in [2.05, 4.69) is 26.0 Å². The van der Waals surface area contributed by atoms with Gasteiger partial charge in [-0.05, 0) is 43.3 Å². The second kappa shape index (κ2) is 9.38. The number of methoxy groups -OCH3 is 1. The van der Waals surface area contributed by atoms with Gasteiger partial charge in [0, 0.05) is 22.1 Å². The molecule has 0 radical (unpaired) electrons. The van der Waals surface area contributed by atoms with Crippen molar-refractivity contribution in [1.29, 1.82) is 0 Å². The van der Waals surface area contributed by atoms with E-state index in [0.29, 0.717) is 33.7 Å². The summed E-state index contributed by atoms with van der Waals surface area (Å²) in [7, 11) is 1.51. The maximum atomic E-state index is 12.5. The zero-order valence-corrected chi connectivity index (χ0v) is 15.8. The average Bonchev–Trinajstić information content (AvgIpc) is 2.61. The van der Waals surface area contributed by atoms with Crippen LogP contribution in [-0.4, -0.2) is 26.2 Å². The lowest BCUT2D eigenvalue weighted by atomic mass is 10.1. The molecule has 0 saturated carbocycles. The first-order valence-electron chi connectivity index (χ1n) is 7.76. The van der Waals surface area contributed by atoms with Crippen LogP contribution in [0.2, 0.25) is 0 Å². The topological polar surface area (TPSA) is 56.8 Å². The van der Waals surface area contributed by atoms with Crippen LogP contribution in [0.4, 0.5) is 8.78 Å². The van der Waals surface area contributed by atoms with Crippen molar-refractivity contribution in [2.45, 2.75) is 20.1 Å². The minimum absolute atomic E-state index is 0.00763. The van der Waals surface area contributed by atoms with Crippen LogP contribution in [0.15, 0.2) is 40.9 Å². The second-order valence-corrected chi connectivity index (χ2v) is 6.03. The first-order valence-corrected chi connectivity index (χ1v) is 8.56. The van der Waals surface area contributed by atoms with Gasteiger partial charge in [0.05, 0.1) is 13.7 Å². The van der Waals surface area contributed by atoms with Crippen LogP contribution in [-0.2, 0) is 6.54 Å². The van der Waals surface area contributed by atoms with E-state index in [-0.39, 0.29) is 18.2 Å². The molecular formula is C18H18BrF2NO4. The number of rotatable bonds is 8. The van der Waals surface area contributed by atoms with Crippen molar-refractivity contribution in [2.75, 3.05) is 13.7 Å². The maximum absolute atomic E-state index is 12.5. The molecule has 8 heteroatoms. The molecule has 2 aromatic rings. The number of carbonyl (C=O) groups excluding carboxylic acids is 1. The molecule has 140 valence electrons. The molecule has 1 N–H and O–H groups in total. The van der Waals surface area contributed by atoms with E-state index in [0.717, 1.165) is 0 Å². The number of hydrogen-bond acceptors (Lipinski definition) is 4. The maximum Gasteiger partial charge on any atom is 0.387 e. The molecule has 0 aliphatic carbocycles. The summed E-state index contributed by atoms with van der Waals surface area (Å²) in [5.41, 5.74) is 0.784. The Hall–Kier alpha value is -2.35. The second-order valence-electron chi connectivity index (χ2n) is 5.11. The Morgan fingerprint density at radius 1 is 1.15 bits per heavy atom. The highest BCUT2D eigenvalue weighted by molar-refractivity contribution is 9.10. The van der Waals surface area contributed by atoms with Crippen molar-refractivity contribution in [2.24, 2.45) is 0 Å². The fraction of sp³-hybridized carbons (Fsp3) is 0.278. The van der Waals surface area contributed by atoms with Crippen molar-refractivity contribution < 1.29 is 27.8 Å². The SMILES string of the molecule is CCOc1cc(C(=O)NCc2cc(Br)ccc2OC(F)F)ccc1OC. The first-order chi connectivity index (χ1) is 12.4. The monoisotopic (exact) mass is 429 g/mol. The zero-order valence-electron chi connectivity index (χ0n) is 14.2. The molecule has 0 atom stereocenters. The molecule has 0 unspecified atom stereocenters. The molecule has 0 aliphatic rings. The van der Waals surface area contributed by atoms with Gasteiger partial charge in [0.2, 0.25) is 0 Å². The summed E-state index contributed by atoms with van der Waals surface area (Å²) in [6, 6.07) is 9.39. The van der Waals surface area contributed by atoms with E-state index in [1.807, 2.05) is 6.92 Å². The fourth-order valence-electron chi connectivity index (χ4n) is 2.26. The number of amides is 1. The molecule has 0 fully saturated rings. The van der Waals surface area contributed by atoms with Gasteiger partial charge in [-0.1, -0.05) is 15.9 Å². The van der Waals surface area contributed by atoms with Gasteiger partial charge in [-0.25, -0.2) is 0 Å². The summed E-state index contributed by atoms with van der Waals surface area (Å²) in [4.78, 5) is 12.4. The quantitative estimate of drug-likeness (QED) is 0.675. The highest BCUT2D eigenvalue weighted by Gasteiger charge is 2.14. The smallest absolute Gasteiger partial charge is 0.387 e. The van der Waals surface area contributed by atoms with Crippen molar-refractivity contribution in [3.63, 3.8) is 0 Å². The largest absolute Gasteiger partial charge is 0.493 e. The van der Waals surface area contributed by atoms with E-state index in [9.17, 15) is 13.6 Å². The number of nitrogens with one attached hydrogen (secondary N) is 1. The van der Waals surface area contributed by atoms with Gasteiger partial charge in [-0.2, -0.15) is 8.78 Å². The van der Waals surface area contributed by atoms with Crippen molar-refractivity contribution >= 4 is 21.8 Å². The minimum Gasteiger partial charge on any atom is -0.493 e. The van der Waals surface area contributed by atoms with Gasteiger partial charge in [0.15, 0.2) is 11.5 Å². The number of carbonyl (C=O) groups is 1. The molecule has 0 aromatic heterocycles. The van der Waals surface area contributed by atoms with E-state index < -0.39 is 6.61 Å². The van der Waals surface area contributed by atoms with Crippen LogP contribution in [0.5, 0.6) is 17.2 Å². The average molecular weight is 430 g/mol.